The van der Waals surface area contributed by atoms with Gasteiger partial charge in [-0.15, -0.1) is 0 Å². The van der Waals surface area contributed by atoms with Gasteiger partial charge in [-0.2, -0.15) is 5.10 Å². The van der Waals surface area contributed by atoms with E-state index in [2.05, 4.69) is 93.7 Å². The first-order valence-electron chi connectivity index (χ1n) is 8.04. The Kier molecular flexibility index (Phi) is 4.18. The van der Waals surface area contributed by atoms with Crippen molar-refractivity contribution in [3.63, 3.8) is 0 Å². The quantitative estimate of drug-likeness (QED) is 0.563. The molecule has 1 aliphatic rings. The second-order valence-electron chi connectivity index (χ2n) is 5.86. The molecular weight excluding hydrogens is 360 g/mol. The molecule has 0 amide bonds. The summed E-state index contributed by atoms with van der Waals surface area (Å²) in [6.45, 7) is 0. The maximum atomic E-state index is 4.95. The Morgan fingerprint density at radius 2 is 1.42 bits per heavy atom. The van der Waals surface area contributed by atoms with Crippen molar-refractivity contribution in [3.05, 3.63) is 101 Å². The number of rotatable bonds is 3. The zero-order valence-electron chi connectivity index (χ0n) is 13.1. The molecule has 0 aromatic heterocycles. The number of hydrogen-bond donors (Lipinski definition) is 0. The van der Waals surface area contributed by atoms with E-state index in [0.717, 1.165) is 22.3 Å². The third kappa shape index (κ3) is 3.00. The van der Waals surface area contributed by atoms with Gasteiger partial charge in [0.25, 0.3) is 0 Å². The van der Waals surface area contributed by atoms with Crippen molar-refractivity contribution >= 4 is 27.3 Å². The van der Waals surface area contributed by atoms with Crippen molar-refractivity contribution in [2.45, 2.75) is 12.5 Å². The lowest BCUT2D eigenvalue weighted by Gasteiger charge is -2.24. The summed E-state index contributed by atoms with van der Waals surface area (Å²) < 4.78 is 1.10. The van der Waals surface area contributed by atoms with Gasteiger partial charge in [0.2, 0.25) is 0 Å². The molecular formula is C21H17BrN2. The van der Waals surface area contributed by atoms with Gasteiger partial charge in [0.05, 0.1) is 17.4 Å². The Bertz CT molecular complexity index is 842. The Morgan fingerprint density at radius 3 is 2.08 bits per heavy atom. The molecule has 0 spiro atoms. The Balaban J connectivity index is 1.74. The van der Waals surface area contributed by atoms with Gasteiger partial charge in [-0.05, 0) is 35.4 Å². The van der Waals surface area contributed by atoms with Gasteiger partial charge in [0, 0.05) is 10.9 Å². The summed E-state index contributed by atoms with van der Waals surface area (Å²) in [6, 6.07) is 29.6. The van der Waals surface area contributed by atoms with Gasteiger partial charge in [-0.1, -0.05) is 76.6 Å². The van der Waals surface area contributed by atoms with Crippen LogP contribution in [0.15, 0.2) is 94.5 Å². The minimum absolute atomic E-state index is 0.218. The van der Waals surface area contributed by atoms with E-state index in [-0.39, 0.29) is 6.04 Å². The molecule has 3 aromatic rings. The molecule has 0 radical (unpaired) electrons. The maximum absolute atomic E-state index is 4.95. The molecule has 0 fully saturated rings. The molecule has 1 heterocycles. The lowest BCUT2D eigenvalue weighted by atomic mass is 9.98. The molecule has 0 aliphatic carbocycles. The Labute approximate surface area is 150 Å². The molecule has 3 heteroatoms. The smallest absolute Gasteiger partial charge is 0.0831 e. The summed E-state index contributed by atoms with van der Waals surface area (Å²) in [7, 11) is 0. The molecule has 3 aromatic carbocycles. The topological polar surface area (TPSA) is 15.6 Å². The molecule has 0 saturated carbocycles. The fourth-order valence-electron chi connectivity index (χ4n) is 3.08. The number of para-hydroxylation sites is 1. The molecule has 1 atom stereocenters. The van der Waals surface area contributed by atoms with Crippen LogP contribution in [0.4, 0.5) is 5.69 Å². The van der Waals surface area contributed by atoms with Crippen LogP contribution in [0.2, 0.25) is 0 Å². The number of hydrogen-bond acceptors (Lipinski definition) is 2. The number of hydrazone groups is 1. The van der Waals surface area contributed by atoms with Crippen LogP contribution in [-0.2, 0) is 0 Å². The summed E-state index contributed by atoms with van der Waals surface area (Å²) in [6.07, 6.45) is 0.903. The molecule has 0 N–H and O–H groups in total. The summed E-state index contributed by atoms with van der Waals surface area (Å²) in [5, 5.41) is 7.09. The zero-order chi connectivity index (χ0) is 16.4. The highest BCUT2D eigenvalue weighted by molar-refractivity contribution is 9.10. The van der Waals surface area contributed by atoms with E-state index in [0.29, 0.717) is 0 Å². The van der Waals surface area contributed by atoms with Crippen LogP contribution in [0, 0.1) is 0 Å². The van der Waals surface area contributed by atoms with E-state index < -0.39 is 0 Å². The van der Waals surface area contributed by atoms with Gasteiger partial charge in [0.15, 0.2) is 0 Å². The minimum atomic E-state index is 0.218. The van der Waals surface area contributed by atoms with Crippen LogP contribution in [0.3, 0.4) is 0 Å². The third-order valence-electron chi connectivity index (χ3n) is 4.29. The van der Waals surface area contributed by atoms with Crippen molar-refractivity contribution in [3.8, 4) is 0 Å². The highest BCUT2D eigenvalue weighted by Gasteiger charge is 2.29. The average molecular weight is 377 g/mol. The molecule has 0 saturated heterocycles. The molecule has 4 rings (SSSR count). The molecule has 1 aliphatic heterocycles. The first-order chi connectivity index (χ1) is 11.8. The van der Waals surface area contributed by atoms with E-state index in [4.69, 9.17) is 5.10 Å². The highest BCUT2D eigenvalue weighted by Crippen LogP contribution is 2.36. The van der Waals surface area contributed by atoms with E-state index >= 15 is 0 Å². The van der Waals surface area contributed by atoms with Crippen molar-refractivity contribution in [1.82, 2.24) is 0 Å². The van der Waals surface area contributed by atoms with Crippen LogP contribution in [-0.4, -0.2) is 5.71 Å². The minimum Gasteiger partial charge on any atom is -0.257 e. The molecule has 2 nitrogen and oxygen atoms in total. The van der Waals surface area contributed by atoms with Gasteiger partial charge in [-0.25, -0.2) is 0 Å². The largest absolute Gasteiger partial charge is 0.257 e. The van der Waals surface area contributed by atoms with Crippen molar-refractivity contribution in [2.75, 3.05) is 5.01 Å². The van der Waals surface area contributed by atoms with Crippen molar-refractivity contribution in [1.29, 1.82) is 0 Å². The Morgan fingerprint density at radius 1 is 0.792 bits per heavy atom. The van der Waals surface area contributed by atoms with Crippen LogP contribution < -0.4 is 5.01 Å². The Hall–Kier alpha value is -2.39. The van der Waals surface area contributed by atoms with Crippen LogP contribution in [0.5, 0.6) is 0 Å². The first kappa shape index (κ1) is 15.2. The van der Waals surface area contributed by atoms with Crippen LogP contribution >= 0.6 is 15.9 Å². The van der Waals surface area contributed by atoms with Gasteiger partial charge >= 0.3 is 0 Å². The van der Waals surface area contributed by atoms with Crippen molar-refractivity contribution in [2.24, 2.45) is 5.10 Å². The number of benzene rings is 3. The van der Waals surface area contributed by atoms with E-state index in [9.17, 15) is 0 Å². The lowest BCUT2D eigenvalue weighted by Crippen LogP contribution is -2.18. The second kappa shape index (κ2) is 6.62. The standard InChI is InChI=1S/C21H17BrN2/c22-18-13-11-17(12-14-18)21-15-20(16-7-3-1-4-8-16)23-24(21)19-9-5-2-6-10-19/h1-14,21H,15H2/t21-/m1/s1. The SMILES string of the molecule is Brc1ccc([C@H]2CC(c3ccccc3)=NN2c2ccccc2)cc1. The molecule has 118 valence electrons. The van der Waals surface area contributed by atoms with E-state index in [1.807, 2.05) is 12.1 Å². The second-order valence-corrected chi connectivity index (χ2v) is 6.78. The lowest BCUT2D eigenvalue weighted by molar-refractivity contribution is 0.709. The molecule has 24 heavy (non-hydrogen) atoms. The van der Waals surface area contributed by atoms with E-state index in [1.165, 1.54) is 11.1 Å². The monoisotopic (exact) mass is 376 g/mol. The zero-order valence-corrected chi connectivity index (χ0v) is 14.7. The highest BCUT2D eigenvalue weighted by atomic mass is 79.9. The van der Waals surface area contributed by atoms with Gasteiger partial charge < -0.3 is 0 Å². The van der Waals surface area contributed by atoms with Crippen LogP contribution in [0.25, 0.3) is 0 Å². The summed E-state index contributed by atoms with van der Waals surface area (Å²) in [5.74, 6) is 0. The predicted octanol–water partition coefficient (Wildman–Crippen LogP) is 5.80. The maximum Gasteiger partial charge on any atom is 0.0831 e. The fourth-order valence-corrected chi connectivity index (χ4v) is 3.34. The molecule has 0 unspecified atom stereocenters. The normalized spacial score (nSPS) is 17.0. The average Bonchev–Trinajstić information content (AvgIpc) is 3.09. The number of nitrogens with zero attached hydrogens (tertiary/aromatic N) is 2. The molecule has 0 bridgehead atoms. The number of halogens is 1. The summed E-state index contributed by atoms with van der Waals surface area (Å²) in [5.41, 5.74) is 4.72. The van der Waals surface area contributed by atoms with Crippen molar-refractivity contribution < 1.29 is 0 Å². The summed E-state index contributed by atoms with van der Waals surface area (Å²) >= 11 is 3.52. The van der Waals surface area contributed by atoms with Crippen LogP contribution in [0.1, 0.15) is 23.6 Å². The summed E-state index contributed by atoms with van der Waals surface area (Å²) in [4.78, 5) is 0. The fraction of sp³-hybridized carbons (Fsp3) is 0.0952. The van der Waals surface area contributed by atoms with E-state index in [1.54, 1.807) is 0 Å². The first-order valence-corrected chi connectivity index (χ1v) is 8.83. The van der Waals surface area contributed by atoms with Gasteiger partial charge in [-0.3, -0.25) is 5.01 Å². The predicted molar refractivity (Wildman–Crippen MR) is 103 cm³/mol. The third-order valence-corrected chi connectivity index (χ3v) is 4.82. The number of anilines is 1. The van der Waals surface area contributed by atoms with Gasteiger partial charge in [0.1, 0.15) is 0 Å².